The van der Waals surface area contributed by atoms with E-state index in [1.807, 2.05) is 24.3 Å². The van der Waals surface area contributed by atoms with Crippen molar-refractivity contribution < 1.29 is 14.4 Å². The van der Waals surface area contributed by atoms with Crippen molar-refractivity contribution >= 4 is 23.6 Å². The van der Waals surface area contributed by atoms with Gasteiger partial charge in [0.1, 0.15) is 17.2 Å². The molecule has 0 heterocycles. The minimum absolute atomic E-state index is 0.151. The third-order valence-electron chi connectivity index (χ3n) is 1.98. The molecular weight excluding hydrogens is 283 g/mol. The Morgan fingerprint density at radius 2 is 1.59 bits per heavy atom. The van der Waals surface area contributed by atoms with Gasteiger partial charge in [-0.3, -0.25) is 0 Å². The minimum Gasteiger partial charge on any atom is -0.526 e. The molecule has 1 radical (unpaired) electrons. The molecule has 0 fully saturated rings. The van der Waals surface area contributed by atoms with Crippen LogP contribution in [0.3, 0.4) is 0 Å². The van der Waals surface area contributed by atoms with Crippen LogP contribution in [-0.2, 0) is 0 Å². The van der Waals surface area contributed by atoms with Crippen molar-refractivity contribution in [2.45, 2.75) is 0 Å². The van der Waals surface area contributed by atoms with Gasteiger partial charge in [-0.25, -0.2) is 0 Å². The smallest absolute Gasteiger partial charge is 0.526 e. The number of aromatic hydroxyl groups is 1. The summed E-state index contributed by atoms with van der Waals surface area (Å²) < 4.78 is 11.4. The Labute approximate surface area is 108 Å². The molecule has 3 nitrogen and oxygen atoms in total. The molecule has 5 heteroatoms. The quantitative estimate of drug-likeness (QED) is 0.880. The summed E-state index contributed by atoms with van der Waals surface area (Å²) >= 11 is 3.34. The lowest BCUT2D eigenvalue weighted by Gasteiger charge is -2.06. The molecule has 0 saturated heterocycles. The highest BCUT2D eigenvalue weighted by Crippen LogP contribution is 2.19. The molecule has 0 spiro atoms. The molecule has 2 aromatic carbocycles. The molecule has 0 amide bonds. The van der Waals surface area contributed by atoms with Crippen molar-refractivity contribution in [2.24, 2.45) is 0 Å². The maximum atomic E-state index is 9.22. The van der Waals surface area contributed by atoms with E-state index < -0.39 is 0 Å². The summed E-state index contributed by atoms with van der Waals surface area (Å²) in [4.78, 5) is 0. The standard InChI is InChI=1S/C12H9BBrO3/c14-9-3-1-5-11(7-9)16-13-17-12-6-2-4-10(15)8-12/h1-8,15H. The first-order chi connectivity index (χ1) is 8.24. The first-order valence-corrected chi connectivity index (χ1v) is 5.73. The van der Waals surface area contributed by atoms with Crippen LogP contribution >= 0.6 is 15.9 Å². The lowest BCUT2D eigenvalue weighted by Crippen LogP contribution is -2.10. The second-order valence-electron chi connectivity index (χ2n) is 3.29. The van der Waals surface area contributed by atoms with Gasteiger partial charge in [0.2, 0.25) is 0 Å². The number of rotatable bonds is 4. The van der Waals surface area contributed by atoms with E-state index in [1.54, 1.807) is 18.2 Å². The van der Waals surface area contributed by atoms with Gasteiger partial charge in [-0.15, -0.1) is 0 Å². The van der Waals surface area contributed by atoms with Gasteiger partial charge in [-0.1, -0.05) is 28.1 Å². The van der Waals surface area contributed by atoms with Crippen molar-refractivity contribution in [3.05, 3.63) is 53.0 Å². The van der Waals surface area contributed by atoms with Crippen molar-refractivity contribution in [1.82, 2.24) is 0 Å². The van der Waals surface area contributed by atoms with Gasteiger partial charge in [0, 0.05) is 10.5 Å². The maximum absolute atomic E-state index is 9.22. The van der Waals surface area contributed by atoms with Gasteiger partial charge in [0.25, 0.3) is 0 Å². The molecule has 0 aliphatic carbocycles. The van der Waals surface area contributed by atoms with Gasteiger partial charge in [-0.05, 0) is 30.3 Å². The highest BCUT2D eigenvalue weighted by atomic mass is 79.9. The predicted octanol–water partition coefficient (Wildman–Crippen LogP) is 3.15. The monoisotopic (exact) mass is 291 g/mol. The number of phenols is 1. The normalized spacial score (nSPS) is 9.71. The summed E-state index contributed by atoms with van der Waals surface area (Å²) in [5.74, 6) is 1.33. The van der Waals surface area contributed by atoms with Crippen LogP contribution in [0.1, 0.15) is 0 Å². The van der Waals surface area contributed by atoms with Gasteiger partial charge < -0.3 is 14.4 Å². The van der Waals surface area contributed by atoms with Crippen LogP contribution in [0.2, 0.25) is 0 Å². The van der Waals surface area contributed by atoms with Crippen molar-refractivity contribution in [2.75, 3.05) is 0 Å². The number of hydrogen-bond donors (Lipinski definition) is 1. The van der Waals surface area contributed by atoms with Gasteiger partial charge in [-0.2, -0.15) is 0 Å². The molecule has 0 bridgehead atoms. The first kappa shape index (κ1) is 11.9. The zero-order valence-electron chi connectivity index (χ0n) is 8.84. The second-order valence-corrected chi connectivity index (χ2v) is 4.20. The van der Waals surface area contributed by atoms with E-state index in [9.17, 15) is 5.11 Å². The third kappa shape index (κ3) is 3.71. The predicted molar refractivity (Wildman–Crippen MR) is 69.3 cm³/mol. The molecule has 0 aliphatic rings. The first-order valence-electron chi connectivity index (χ1n) is 4.93. The van der Waals surface area contributed by atoms with Crippen molar-refractivity contribution in [3.8, 4) is 17.2 Å². The fourth-order valence-corrected chi connectivity index (χ4v) is 1.61. The fraction of sp³-hybridized carbons (Fsp3) is 0. The summed E-state index contributed by atoms with van der Waals surface area (Å²) in [7, 11) is 1.22. The molecule has 17 heavy (non-hydrogen) atoms. The number of hydrogen-bond acceptors (Lipinski definition) is 3. The Kier molecular flexibility index (Phi) is 3.93. The third-order valence-corrected chi connectivity index (χ3v) is 2.48. The Bertz CT molecular complexity index is 459. The molecule has 2 rings (SSSR count). The van der Waals surface area contributed by atoms with E-state index >= 15 is 0 Å². The molecule has 0 atom stereocenters. The largest absolute Gasteiger partial charge is 0.658 e. The molecule has 0 aliphatic heterocycles. The lowest BCUT2D eigenvalue weighted by atomic mass is 10.3. The summed E-state index contributed by atoms with van der Waals surface area (Å²) in [5.41, 5.74) is 0. The topological polar surface area (TPSA) is 38.7 Å². The van der Waals surface area contributed by atoms with Crippen LogP contribution in [0.5, 0.6) is 17.2 Å². The number of benzene rings is 2. The molecule has 0 saturated carbocycles. The summed E-state index contributed by atoms with van der Waals surface area (Å²) in [6.07, 6.45) is 0. The Hall–Kier alpha value is -1.62. The van der Waals surface area contributed by atoms with Crippen LogP contribution in [0, 0.1) is 0 Å². The minimum atomic E-state index is 0.151. The highest BCUT2D eigenvalue weighted by molar-refractivity contribution is 9.10. The average molecular weight is 292 g/mol. The molecule has 2 aromatic rings. The Morgan fingerprint density at radius 3 is 2.24 bits per heavy atom. The van der Waals surface area contributed by atoms with Crippen LogP contribution in [-0.4, -0.2) is 12.8 Å². The second kappa shape index (κ2) is 5.64. The van der Waals surface area contributed by atoms with Gasteiger partial charge in [0.15, 0.2) is 0 Å². The molecule has 0 unspecified atom stereocenters. The van der Waals surface area contributed by atoms with Crippen LogP contribution in [0.15, 0.2) is 53.0 Å². The number of phenolic OH excluding ortho intramolecular Hbond substituents is 1. The Morgan fingerprint density at radius 1 is 0.941 bits per heavy atom. The van der Waals surface area contributed by atoms with E-state index in [2.05, 4.69) is 15.9 Å². The van der Waals surface area contributed by atoms with Crippen LogP contribution < -0.4 is 9.31 Å². The average Bonchev–Trinajstić information content (AvgIpc) is 2.29. The molecule has 0 aromatic heterocycles. The van der Waals surface area contributed by atoms with Gasteiger partial charge in [0.05, 0.1) is 0 Å². The summed E-state index contributed by atoms with van der Waals surface area (Å²) in [6, 6.07) is 13.9. The summed E-state index contributed by atoms with van der Waals surface area (Å²) in [5, 5.41) is 9.22. The van der Waals surface area contributed by atoms with E-state index in [4.69, 9.17) is 9.31 Å². The van der Waals surface area contributed by atoms with Crippen molar-refractivity contribution in [3.63, 3.8) is 0 Å². The lowest BCUT2D eigenvalue weighted by molar-refractivity contribution is 0.448. The zero-order chi connectivity index (χ0) is 12.1. The fourth-order valence-electron chi connectivity index (χ4n) is 1.23. The summed E-state index contributed by atoms with van der Waals surface area (Å²) in [6.45, 7) is 0. The van der Waals surface area contributed by atoms with E-state index in [0.717, 1.165) is 4.47 Å². The van der Waals surface area contributed by atoms with E-state index in [1.165, 1.54) is 13.8 Å². The van der Waals surface area contributed by atoms with Crippen LogP contribution in [0.4, 0.5) is 0 Å². The van der Waals surface area contributed by atoms with E-state index in [-0.39, 0.29) is 5.75 Å². The Balaban J connectivity index is 1.87. The molecule has 1 N–H and O–H groups in total. The van der Waals surface area contributed by atoms with E-state index in [0.29, 0.717) is 11.5 Å². The SMILES string of the molecule is Oc1cccc(O[B]Oc2cccc(Br)c2)c1. The highest BCUT2D eigenvalue weighted by Gasteiger charge is 2.02. The van der Waals surface area contributed by atoms with Crippen LogP contribution in [0.25, 0.3) is 0 Å². The molecule has 85 valence electrons. The van der Waals surface area contributed by atoms with Gasteiger partial charge >= 0.3 is 7.69 Å². The zero-order valence-corrected chi connectivity index (χ0v) is 10.4. The maximum Gasteiger partial charge on any atom is 0.658 e. The number of halogens is 1. The molecular formula is C12H9BBrO3. The van der Waals surface area contributed by atoms with Crippen molar-refractivity contribution in [1.29, 1.82) is 0 Å².